The molecule has 1 aliphatic rings. The van der Waals surface area contributed by atoms with Crippen LogP contribution < -0.4 is 5.32 Å². The number of benzene rings is 1. The fourth-order valence-electron chi connectivity index (χ4n) is 3.84. The van der Waals surface area contributed by atoms with Crippen molar-refractivity contribution in [1.82, 2.24) is 4.90 Å². The lowest BCUT2D eigenvalue weighted by Gasteiger charge is -2.28. The second kappa shape index (κ2) is 10.9. The van der Waals surface area contributed by atoms with E-state index in [-0.39, 0.29) is 18.4 Å². The number of amides is 1. The van der Waals surface area contributed by atoms with E-state index in [9.17, 15) is 22.8 Å². The number of hydrogen-bond acceptors (Lipinski definition) is 5. The molecule has 1 aromatic carbocycles. The predicted octanol–water partition coefficient (Wildman–Crippen LogP) is 5.81. The van der Waals surface area contributed by atoms with Crippen LogP contribution in [0.4, 0.5) is 23.7 Å². The first-order valence-corrected chi connectivity index (χ1v) is 11.6. The summed E-state index contributed by atoms with van der Waals surface area (Å²) in [6.45, 7) is 11.4. The van der Waals surface area contributed by atoms with Gasteiger partial charge in [0.05, 0.1) is 12.3 Å². The van der Waals surface area contributed by atoms with Gasteiger partial charge in [0.1, 0.15) is 11.2 Å². The molecule has 0 bridgehead atoms. The van der Waals surface area contributed by atoms with Crippen LogP contribution in [0.2, 0.25) is 0 Å². The van der Waals surface area contributed by atoms with Crippen molar-refractivity contribution in [2.24, 2.45) is 11.8 Å². The SMILES string of the molecule is CC(C)(C)OC(=O)[C@@H](Cc1cccc(NCCC(F)(F)F)c1)[C@H]1CCN(C(=O)OC(C)(C)C)C1. The van der Waals surface area contributed by atoms with Crippen LogP contribution in [0.15, 0.2) is 24.3 Å². The summed E-state index contributed by atoms with van der Waals surface area (Å²) in [5.74, 6) is -0.972. The summed E-state index contributed by atoms with van der Waals surface area (Å²) < 4.78 is 48.5. The highest BCUT2D eigenvalue weighted by Crippen LogP contribution is 2.31. The van der Waals surface area contributed by atoms with Crippen molar-refractivity contribution in [1.29, 1.82) is 0 Å². The Bertz CT molecular complexity index is 844. The molecule has 1 N–H and O–H groups in total. The number of alkyl halides is 3. The minimum absolute atomic E-state index is 0.121. The molecule has 0 spiro atoms. The molecule has 0 aliphatic carbocycles. The topological polar surface area (TPSA) is 67.9 Å². The Morgan fingerprint density at radius 2 is 1.74 bits per heavy atom. The van der Waals surface area contributed by atoms with Crippen LogP contribution in [0.5, 0.6) is 0 Å². The van der Waals surface area contributed by atoms with E-state index in [2.05, 4.69) is 5.32 Å². The van der Waals surface area contributed by atoms with Crippen LogP contribution in [0, 0.1) is 11.8 Å². The molecule has 1 saturated heterocycles. The molecule has 2 rings (SSSR count). The van der Waals surface area contributed by atoms with Crippen LogP contribution in [0.3, 0.4) is 0 Å². The van der Waals surface area contributed by atoms with E-state index in [4.69, 9.17) is 9.47 Å². The number of carbonyl (C=O) groups is 2. The fraction of sp³-hybridized carbons (Fsp3) is 0.680. The maximum atomic E-state index is 13.1. The Morgan fingerprint density at radius 1 is 1.09 bits per heavy atom. The molecule has 192 valence electrons. The summed E-state index contributed by atoms with van der Waals surface area (Å²) in [5.41, 5.74) is 0.0918. The monoisotopic (exact) mass is 486 g/mol. The average molecular weight is 487 g/mol. The molecule has 1 heterocycles. The number of likely N-dealkylation sites (tertiary alicyclic amines) is 1. The van der Waals surface area contributed by atoms with Crippen molar-refractivity contribution in [3.05, 3.63) is 29.8 Å². The first kappa shape index (κ1) is 27.8. The summed E-state index contributed by atoms with van der Waals surface area (Å²) in [7, 11) is 0. The van der Waals surface area contributed by atoms with E-state index in [0.29, 0.717) is 31.6 Å². The van der Waals surface area contributed by atoms with Crippen LogP contribution in [0.25, 0.3) is 0 Å². The smallest absolute Gasteiger partial charge is 0.410 e. The van der Waals surface area contributed by atoms with E-state index in [1.165, 1.54) is 0 Å². The molecule has 0 radical (unpaired) electrons. The predicted molar refractivity (Wildman–Crippen MR) is 125 cm³/mol. The number of nitrogens with one attached hydrogen (secondary N) is 1. The summed E-state index contributed by atoms with van der Waals surface area (Å²) in [4.78, 5) is 27.2. The number of rotatable bonds is 7. The minimum Gasteiger partial charge on any atom is -0.460 e. The van der Waals surface area contributed by atoms with E-state index < -0.39 is 35.8 Å². The van der Waals surface area contributed by atoms with Gasteiger partial charge < -0.3 is 19.7 Å². The van der Waals surface area contributed by atoms with Crippen LogP contribution in [-0.2, 0) is 20.7 Å². The highest BCUT2D eigenvalue weighted by atomic mass is 19.4. The molecule has 1 aromatic rings. The van der Waals surface area contributed by atoms with E-state index >= 15 is 0 Å². The largest absolute Gasteiger partial charge is 0.460 e. The number of carbonyl (C=O) groups excluding carboxylic acids is 2. The van der Waals surface area contributed by atoms with Crippen molar-refractivity contribution < 1.29 is 32.2 Å². The Labute approximate surface area is 200 Å². The van der Waals surface area contributed by atoms with Crippen molar-refractivity contribution in [3.63, 3.8) is 0 Å². The van der Waals surface area contributed by atoms with Gasteiger partial charge in [0.25, 0.3) is 0 Å². The first-order chi connectivity index (χ1) is 15.5. The van der Waals surface area contributed by atoms with Gasteiger partial charge in [-0.25, -0.2) is 4.79 Å². The Morgan fingerprint density at radius 3 is 2.32 bits per heavy atom. The van der Waals surface area contributed by atoms with Gasteiger partial charge >= 0.3 is 18.2 Å². The zero-order chi connectivity index (χ0) is 25.7. The molecule has 6 nitrogen and oxygen atoms in total. The van der Waals surface area contributed by atoms with Gasteiger partial charge in [-0.05, 0) is 78.0 Å². The third-order valence-electron chi connectivity index (χ3n) is 5.28. The van der Waals surface area contributed by atoms with Gasteiger partial charge in [-0.15, -0.1) is 0 Å². The summed E-state index contributed by atoms with van der Waals surface area (Å²) in [6.07, 6.45) is -4.58. The number of hydrogen-bond donors (Lipinski definition) is 1. The Hall–Kier alpha value is -2.45. The lowest BCUT2D eigenvalue weighted by molar-refractivity contribution is -0.162. The van der Waals surface area contributed by atoms with Crippen molar-refractivity contribution >= 4 is 17.7 Å². The van der Waals surface area contributed by atoms with Gasteiger partial charge in [0, 0.05) is 25.3 Å². The molecular weight excluding hydrogens is 449 g/mol. The normalized spacial score (nSPS) is 17.9. The number of esters is 1. The highest BCUT2D eigenvalue weighted by Gasteiger charge is 2.39. The van der Waals surface area contributed by atoms with Crippen LogP contribution >= 0.6 is 0 Å². The highest BCUT2D eigenvalue weighted by molar-refractivity contribution is 5.74. The second-order valence-corrected chi connectivity index (χ2v) is 10.8. The van der Waals surface area contributed by atoms with Gasteiger partial charge in [0.15, 0.2) is 0 Å². The maximum absolute atomic E-state index is 13.1. The lowest BCUT2D eigenvalue weighted by Crippen LogP contribution is -2.38. The van der Waals surface area contributed by atoms with Crippen molar-refractivity contribution in [3.8, 4) is 0 Å². The molecule has 9 heteroatoms. The molecule has 34 heavy (non-hydrogen) atoms. The van der Waals surface area contributed by atoms with Gasteiger partial charge in [-0.1, -0.05) is 12.1 Å². The minimum atomic E-state index is -4.23. The third kappa shape index (κ3) is 9.81. The van der Waals surface area contributed by atoms with E-state index in [1.807, 2.05) is 6.07 Å². The average Bonchev–Trinajstić information content (AvgIpc) is 3.12. The van der Waals surface area contributed by atoms with Gasteiger partial charge in [0.2, 0.25) is 0 Å². The fourth-order valence-corrected chi connectivity index (χ4v) is 3.84. The molecule has 1 aliphatic heterocycles. The number of halogens is 3. The Kier molecular flexibility index (Phi) is 8.88. The van der Waals surface area contributed by atoms with Gasteiger partial charge in [-0.2, -0.15) is 13.2 Å². The molecule has 1 amide bonds. The summed E-state index contributed by atoms with van der Waals surface area (Å²) in [5, 5.41) is 2.79. The first-order valence-electron chi connectivity index (χ1n) is 11.6. The van der Waals surface area contributed by atoms with E-state index in [0.717, 1.165) is 5.56 Å². The lowest BCUT2D eigenvalue weighted by atomic mass is 9.86. The molecule has 1 fully saturated rings. The van der Waals surface area contributed by atoms with Crippen molar-refractivity contribution in [2.75, 3.05) is 25.0 Å². The molecular formula is C25H37F3N2O4. The third-order valence-corrected chi connectivity index (χ3v) is 5.28. The van der Waals surface area contributed by atoms with E-state index in [1.54, 1.807) is 64.6 Å². The zero-order valence-corrected chi connectivity index (χ0v) is 20.9. The Balaban J connectivity index is 2.14. The van der Waals surface area contributed by atoms with Crippen LogP contribution in [-0.4, -0.2) is 54.0 Å². The quantitative estimate of drug-likeness (QED) is 0.493. The maximum Gasteiger partial charge on any atom is 0.410 e. The molecule has 0 unspecified atom stereocenters. The zero-order valence-electron chi connectivity index (χ0n) is 20.9. The number of nitrogens with zero attached hydrogens (tertiary/aromatic N) is 1. The molecule has 2 atom stereocenters. The summed E-state index contributed by atoms with van der Waals surface area (Å²) in [6, 6.07) is 7.04. The standard InChI is InChI=1S/C25H37F3N2O4/c1-23(2,3)33-21(31)20(18-10-13-30(16-18)22(32)34-24(4,5)6)15-17-8-7-9-19(14-17)29-12-11-25(26,27)28/h7-9,14,18,20,29H,10-13,15-16H2,1-6H3/t18-,20-/m0/s1. The number of ether oxygens (including phenoxy) is 2. The summed E-state index contributed by atoms with van der Waals surface area (Å²) >= 11 is 0. The number of anilines is 1. The second-order valence-electron chi connectivity index (χ2n) is 10.8. The molecule has 0 saturated carbocycles. The van der Waals surface area contributed by atoms with Crippen molar-refractivity contribution in [2.45, 2.75) is 78.2 Å². The van der Waals surface area contributed by atoms with Gasteiger partial charge in [-0.3, -0.25) is 4.79 Å². The van der Waals surface area contributed by atoms with Crippen LogP contribution in [0.1, 0.15) is 59.9 Å². The molecule has 0 aromatic heterocycles.